The summed E-state index contributed by atoms with van der Waals surface area (Å²) in [6.45, 7) is 9.71. The highest BCUT2D eigenvalue weighted by atomic mass is 14.8. The van der Waals surface area contributed by atoms with Crippen molar-refractivity contribution in [3.63, 3.8) is 0 Å². The first-order valence-corrected chi connectivity index (χ1v) is 5.43. The van der Waals surface area contributed by atoms with E-state index in [0.717, 1.165) is 18.3 Å². The minimum absolute atomic E-state index is 0.988. The molecule has 1 N–H and O–H groups in total. The fourth-order valence-corrected chi connectivity index (χ4v) is 1.14. The van der Waals surface area contributed by atoms with Crippen molar-refractivity contribution < 1.29 is 0 Å². The Morgan fingerprint density at radius 1 is 1.27 bits per heavy atom. The second-order valence-electron chi connectivity index (χ2n) is 3.30. The van der Waals surface area contributed by atoms with Crippen molar-refractivity contribution in [2.24, 2.45) is 0 Å². The molecule has 81 valence electrons. The largest absolute Gasteiger partial charge is 0.388 e. The van der Waals surface area contributed by atoms with Gasteiger partial charge in [-0.1, -0.05) is 56.9 Å². The van der Waals surface area contributed by atoms with Gasteiger partial charge in [0.05, 0.1) is 0 Å². The van der Waals surface area contributed by atoms with Crippen molar-refractivity contribution in [2.45, 2.75) is 26.0 Å². The van der Waals surface area contributed by atoms with Gasteiger partial charge in [-0.3, -0.25) is 0 Å². The summed E-state index contributed by atoms with van der Waals surface area (Å²) < 4.78 is 0. The van der Waals surface area contributed by atoms with Gasteiger partial charge in [0, 0.05) is 12.7 Å². The van der Waals surface area contributed by atoms with E-state index < -0.39 is 0 Å². The summed E-state index contributed by atoms with van der Waals surface area (Å²) in [5.74, 6) is 0. The van der Waals surface area contributed by atoms with Crippen molar-refractivity contribution in [3.8, 4) is 0 Å². The predicted molar refractivity (Wildman–Crippen MR) is 71.3 cm³/mol. The molecule has 0 aliphatic rings. The Hall–Kier alpha value is -1.18. The van der Waals surface area contributed by atoms with Crippen molar-refractivity contribution >= 4 is 7.28 Å². The van der Waals surface area contributed by atoms with Crippen LogP contribution in [0.15, 0.2) is 48.7 Å². The van der Waals surface area contributed by atoms with Crippen LogP contribution >= 0.6 is 0 Å². The number of rotatable bonds is 8. The first-order chi connectivity index (χ1) is 7.28. The second kappa shape index (κ2) is 9.38. The van der Waals surface area contributed by atoms with Gasteiger partial charge in [-0.2, -0.15) is 0 Å². The van der Waals surface area contributed by atoms with E-state index in [9.17, 15) is 0 Å². The molecule has 0 heterocycles. The van der Waals surface area contributed by atoms with E-state index in [0.29, 0.717) is 0 Å². The number of hydrogen-bond donors (Lipinski definition) is 1. The third kappa shape index (κ3) is 6.84. The Bertz CT molecular complexity index is 251. The average molecular weight is 202 g/mol. The third-order valence-corrected chi connectivity index (χ3v) is 2.12. The molecule has 0 bridgehead atoms. The Morgan fingerprint density at radius 2 is 2.00 bits per heavy atom. The summed E-state index contributed by atoms with van der Waals surface area (Å²) in [6.07, 6.45) is 11.1. The van der Waals surface area contributed by atoms with E-state index in [1.165, 1.54) is 12.0 Å². The van der Waals surface area contributed by atoms with E-state index in [-0.39, 0.29) is 0 Å². The molecule has 0 aliphatic carbocycles. The zero-order valence-electron chi connectivity index (χ0n) is 9.92. The van der Waals surface area contributed by atoms with Crippen LogP contribution < -0.4 is 5.32 Å². The predicted octanol–water partition coefficient (Wildman–Crippen LogP) is 3.34. The van der Waals surface area contributed by atoms with Crippen LogP contribution in [0.3, 0.4) is 0 Å². The van der Waals surface area contributed by atoms with Gasteiger partial charge >= 0.3 is 0 Å². The van der Waals surface area contributed by atoms with Crippen molar-refractivity contribution in [3.05, 3.63) is 48.7 Å². The van der Waals surface area contributed by atoms with E-state index >= 15 is 0 Å². The molecule has 0 saturated heterocycles. The molecule has 0 rings (SSSR count). The summed E-state index contributed by atoms with van der Waals surface area (Å²) in [5.41, 5.74) is 2.25. The van der Waals surface area contributed by atoms with Crippen LogP contribution in [0.1, 0.15) is 13.3 Å². The topological polar surface area (TPSA) is 12.0 Å². The van der Waals surface area contributed by atoms with Crippen LogP contribution in [0.25, 0.3) is 0 Å². The van der Waals surface area contributed by atoms with Gasteiger partial charge in [-0.05, 0) is 12.2 Å². The SMILES string of the molecule is C=C/C(=C\C=C(/C=C)NC)C[B]CCC. The second-order valence-corrected chi connectivity index (χ2v) is 3.30. The molecule has 0 aliphatic heterocycles. The van der Waals surface area contributed by atoms with Gasteiger partial charge in [0.15, 0.2) is 0 Å². The molecule has 1 nitrogen and oxygen atoms in total. The molecule has 2 heteroatoms. The molecule has 0 atom stereocenters. The van der Waals surface area contributed by atoms with E-state index in [1.54, 1.807) is 6.08 Å². The maximum Gasteiger partial charge on any atom is 0.115 e. The molecule has 0 aromatic rings. The Balaban J connectivity index is 4.25. The van der Waals surface area contributed by atoms with Crippen LogP contribution in [-0.4, -0.2) is 14.3 Å². The number of allylic oxidation sites excluding steroid dienone is 5. The molecule has 0 unspecified atom stereocenters. The minimum Gasteiger partial charge on any atom is -0.388 e. The van der Waals surface area contributed by atoms with Crippen LogP contribution in [-0.2, 0) is 0 Å². The van der Waals surface area contributed by atoms with Gasteiger partial charge in [0.2, 0.25) is 0 Å². The zero-order valence-corrected chi connectivity index (χ0v) is 9.92. The van der Waals surface area contributed by atoms with Gasteiger partial charge in [-0.15, -0.1) is 0 Å². The molecular formula is C13H21BN. The van der Waals surface area contributed by atoms with Gasteiger partial charge in [0.25, 0.3) is 0 Å². The first-order valence-electron chi connectivity index (χ1n) is 5.43. The fraction of sp³-hybridized carbons (Fsp3) is 0.385. The van der Waals surface area contributed by atoms with Gasteiger partial charge < -0.3 is 5.32 Å². The molecule has 0 aromatic heterocycles. The lowest BCUT2D eigenvalue weighted by molar-refractivity contribution is 1.03. The Morgan fingerprint density at radius 3 is 2.47 bits per heavy atom. The lowest BCUT2D eigenvalue weighted by atomic mass is 9.68. The normalized spacial score (nSPS) is 12.1. The van der Waals surface area contributed by atoms with E-state index in [4.69, 9.17) is 0 Å². The standard InChI is InChI=1S/C13H21BN/c1-5-10-14-11-12(6-2)8-9-13(7-3)15-4/h6-9,15H,2-3,5,10-11H2,1,4H3/b12-8+,13-9+. The molecule has 0 saturated carbocycles. The summed E-state index contributed by atoms with van der Waals surface area (Å²) in [4.78, 5) is 0. The van der Waals surface area contributed by atoms with Crippen LogP contribution in [0, 0.1) is 0 Å². The smallest absolute Gasteiger partial charge is 0.115 e. The maximum atomic E-state index is 3.81. The van der Waals surface area contributed by atoms with E-state index in [2.05, 4.69) is 38.8 Å². The third-order valence-electron chi connectivity index (χ3n) is 2.12. The molecule has 0 aromatic carbocycles. The highest BCUT2D eigenvalue weighted by Crippen LogP contribution is 2.06. The van der Waals surface area contributed by atoms with Crippen molar-refractivity contribution in [2.75, 3.05) is 7.05 Å². The summed E-state index contributed by atoms with van der Waals surface area (Å²) in [5, 5.41) is 3.05. The van der Waals surface area contributed by atoms with Crippen molar-refractivity contribution in [1.29, 1.82) is 0 Å². The van der Waals surface area contributed by atoms with Crippen LogP contribution in [0.5, 0.6) is 0 Å². The van der Waals surface area contributed by atoms with E-state index in [1.807, 2.05) is 19.2 Å². The van der Waals surface area contributed by atoms with Gasteiger partial charge in [-0.25, -0.2) is 0 Å². The summed E-state index contributed by atoms with van der Waals surface area (Å²) >= 11 is 0. The highest BCUT2D eigenvalue weighted by molar-refractivity contribution is 6.36. The quantitative estimate of drug-likeness (QED) is 0.361. The Kier molecular flexibility index (Phi) is 8.65. The maximum absolute atomic E-state index is 3.81. The minimum atomic E-state index is 0.988. The van der Waals surface area contributed by atoms with Crippen LogP contribution in [0.4, 0.5) is 0 Å². The molecular weight excluding hydrogens is 181 g/mol. The number of likely N-dealkylation sites (N-methyl/N-ethyl adjacent to an activating group) is 1. The lowest BCUT2D eigenvalue weighted by Gasteiger charge is -2.00. The highest BCUT2D eigenvalue weighted by Gasteiger charge is 1.93. The summed E-state index contributed by atoms with van der Waals surface area (Å²) in [6, 6.07) is 0. The molecule has 15 heavy (non-hydrogen) atoms. The zero-order chi connectivity index (χ0) is 11.5. The van der Waals surface area contributed by atoms with Gasteiger partial charge in [0.1, 0.15) is 7.28 Å². The van der Waals surface area contributed by atoms with Crippen molar-refractivity contribution in [1.82, 2.24) is 5.32 Å². The van der Waals surface area contributed by atoms with Crippen LogP contribution in [0.2, 0.25) is 12.6 Å². The fourth-order valence-electron chi connectivity index (χ4n) is 1.14. The molecule has 0 amide bonds. The molecule has 0 fully saturated rings. The monoisotopic (exact) mass is 202 g/mol. The number of hydrogen-bond acceptors (Lipinski definition) is 1. The molecule has 0 spiro atoms. The summed E-state index contributed by atoms with van der Waals surface area (Å²) in [7, 11) is 4.17. The number of nitrogens with one attached hydrogen (secondary N) is 1. The molecule has 1 radical (unpaired) electrons. The average Bonchev–Trinajstić information content (AvgIpc) is 2.28. The Labute approximate surface area is 94.9 Å². The lowest BCUT2D eigenvalue weighted by Crippen LogP contribution is -2.01. The first kappa shape index (κ1) is 13.8.